The van der Waals surface area contributed by atoms with Crippen molar-refractivity contribution >= 4 is 5.97 Å². The zero-order valence-corrected chi connectivity index (χ0v) is 9.81. The van der Waals surface area contributed by atoms with Gasteiger partial charge in [-0.3, -0.25) is 4.79 Å². The topological polar surface area (TPSA) is 72.5 Å². The molecule has 0 aromatic heterocycles. The average molecular weight is 241 g/mol. The molecule has 0 radical (unpaired) electrons. The number of halogens is 1. The van der Waals surface area contributed by atoms with Gasteiger partial charge in [0, 0.05) is 0 Å². The number of benzene rings is 1. The van der Waals surface area contributed by atoms with Crippen LogP contribution in [0, 0.1) is 5.82 Å². The molecule has 1 rings (SSSR count). The van der Waals surface area contributed by atoms with E-state index in [0.717, 1.165) is 0 Å². The number of aliphatic carboxylic acids is 1. The van der Waals surface area contributed by atoms with E-state index in [2.05, 4.69) is 0 Å². The summed E-state index contributed by atoms with van der Waals surface area (Å²) < 4.78 is 18.8. The van der Waals surface area contributed by atoms with Crippen LogP contribution in [-0.4, -0.2) is 23.2 Å². The van der Waals surface area contributed by atoms with Gasteiger partial charge in [0.15, 0.2) is 11.6 Å². The fourth-order valence-corrected chi connectivity index (χ4v) is 1.36. The van der Waals surface area contributed by atoms with E-state index in [0.29, 0.717) is 5.56 Å². The molecule has 0 aliphatic heterocycles. The first-order valence-electron chi connectivity index (χ1n) is 5.33. The minimum absolute atomic E-state index is 0.0915. The van der Waals surface area contributed by atoms with Gasteiger partial charge in [0.1, 0.15) is 6.04 Å². The van der Waals surface area contributed by atoms with Gasteiger partial charge in [-0.1, -0.05) is 6.07 Å². The molecule has 0 saturated carbocycles. The lowest BCUT2D eigenvalue weighted by Crippen LogP contribution is -2.32. The van der Waals surface area contributed by atoms with Crippen LogP contribution in [0.3, 0.4) is 0 Å². The van der Waals surface area contributed by atoms with E-state index in [1.54, 1.807) is 19.9 Å². The van der Waals surface area contributed by atoms with Crippen molar-refractivity contribution in [1.29, 1.82) is 0 Å². The van der Waals surface area contributed by atoms with Crippen LogP contribution in [0.2, 0.25) is 0 Å². The van der Waals surface area contributed by atoms with Gasteiger partial charge >= 0.3 is 5.97 Å². The molecule has 17 heavy (non-hydrogen) atoms. The van der Waals surface area contributed by atoms with E-state index in [4.69, 9.17) is 15.6 Å². The number of carbonyl (C=O) groups is 1. The van der Waals surface area contributed by atoms with Crippen molar-refractivity contribution in [3.63, 3.8) is 0 Å². The second-order valence-electron chi connectivity index (χ2n) is 4.08. The van der Waals surface area contributed by atoms with E-state index in [9.17, 15) is 9.18 Å². The SMILES string of the molecule is CC(C)Oc1ccc(CC(N)C(=O)O)cc1F. The smallest absolute Gasteiger partial charge is 0.320 e. The largest absolute Gasteiger partial charge is 0.488 e. The molecule has 0 aliphatic carbocycles. The fraction of sp³-hybridized carbons (Fsp3) is 0.417. The zero-order chi connectivity index (χ0) is 13.0. The number of ether oxygens (including phenoxy) is 1. The minimum atomic E-state index is -1.10. The number of carboxylic acids is 1. The molecule has 0 bridgehead atoms. The highest BCUT2D eigenvalue weighted by atomic mass is 19.1. The Bertz CT molecular complexity index is 407. The summed E-state index contributed by atoms with van der Waals surface area (Å²) in [5, 5.41) is 8.64. The van der Waals surface area contributed by atoms with Crippen molar-refractivity contribution in [2.75, 3.05) is 0 Å². The van der Waals surface area contributed by atoms with Gasteiger partial charge in [-0.05, 0) is 38.0 Å². The Morgan fingerprint density at radius 2 is 2.18 bits per heavy atom. The third-order valence-electron chi connectivity index (χ3n) is 2.13. The van der Waals surface area contributed by atoms with Crippen LogP contribution in [0.1, 0.15) is 19.4 Å². The van der Waals surface area contributed by atoms with Crippen molar-refractivity contribution in [1.82, 2.24) is 0 Å². The molecule has 4 nitrogen and oxygen atoms in total. The molecule has 0 aliphatic rings. The summed E-state index contributed by atoms with van der Waals surface area (Å²) in [6.45, 7) is 3.60. The second-order valence-corrected chi connectivity index (χ2v) is 4.08. The number of hydrogen-bond acceptors (Lipinski definition) is 3. The summed E-state index contributed by atoms with van der Waals surface area (Å²) >= 11 is 0. The lowest BCUT2D eigenvalue weighted by molar-refractivity contribution is -0.138. The van der Waals surface area contributed by atoms with Gasteiger partial charge in [-0.25, -0.2) is 4.39 Å². The molecule has 1 atom stereocenters. The molecular weight excluding hydrogens is 225 g/mol. The van der Waals surface area contributed by atoms with Crippen LogP contribution in [0.5, 0.6) is 5.75 Å². The molecule has 0 heterocycles. The predicted octanol–water partition coefficient (Wildman–Crippen LogP) is 1.57. The first-order chi connectivity index (χ1) is 7.90. The van der Waals surface area contributed by atoms with E-state index < -0.39 is 17.8 Å². The molecular formula is C12H16FNO3. The molecule has 1 aromatic carbocycles. The highest BCUT2D eigenvalue weighted by molar-refractivity contribution is 5.73. The maximum Gasteiger partial charge on any atom is 0.320 e. The third kappa shape index (κ3) is 4.03. The summed E-state index contributed by atoms with van der Waals surface area (Å²) in [6.07, 6.45) is -0.0228. The Balaban J connectivity index is 2.78. The molecule has 5 heteroatoms. The van der Waals surface area contributed by atoms with Crippen LogP contribution < -0.4 is 10.5 Å². The quantitative estimate of drug-likeness (QED) is 0.820. The molecule has 3 N–H and O–H groups in total. The van der Waals surface area contributed by atoms with Gasteiger partial charge in [0.25, 0.3) is 0 Å². The van der Waals surface area contributed by atoms with Crippen LogP contribution in [0.15, 0.2) is 18.2 Å². The van der Waals surface area contributed by atoms with Crippen molar-refractivity contribution in [2.45, 2.75) is 32.4 Å². The van der Waals surface area contributed by atoms with Crippen LogP contribution >= 0.6 is 0 Å². The third-order valence-corrected chi connectivity index (χ3v) is 2.13. The normalized spacial score (nSPS) is 12.5. The molecule has 0 fully saturated rings. The molecule has 1 unspecified atom stereocenters. The highest BCUT2D eigenvalue weighted by Gasteiger charge is 2.14. The van der Waals surface area contributed by atoms with Crippen molar-refractivity contribution in [2.24, 2.45) is 5.73 Å². The number of hydrogen-bond donors (Lipinski definition) is 2. The van der Waals surface area contributed by atoms with Crippen molar-refractivity contribution in [3.05, 3.63) is 29.6 Å². The van der Waals surface area contributed by atoms with Crippen LogP contribution in [0.25, 0.3) is 0 Å². The number of carboxylic acid groups (broad SMARTS) is 1. The molecule has 0 amide bonds. The molecule has 0 saturated heterocycles. The summed E-state index contributed by atoms with van der Waals surface area (Å²) in [5.41, 5.74) is 5.90. The Morgan fingerprint density at radius 3 is 2.65 bits per heavy atom. The second kappa shape index (κ2) is 5.63. The van der Waals surface area contributed by atoms with Crippen LogP contribution in [-0.2, 0) is 11.2 Å². The first kappa shape index (κ1) is 13.4. The standard InChI is InChI=1S/C12H16FNO3/c1-7(2)17-11-4-3-8(5-9(11)13)6-10(14)12(15)16/h3-5,7,10H,6,14H2,1-2H3,(H,15,16). The van der Waals surface area contributed by atoms with E-state index in [1.807, 2.05) is 0 Å². The monoisotopic (exact) mass is 241 g/mol. The minimum Gasteiger partial charge on any atom is -0.488 e. The molecule has 0 spiro atoms. The number of nitrogens with two attached hydrogens (primary N) is 1. The zero-order valence-electron chi connectivity index (χ0n) is 9.81. The van der Waals surface area contributed by atoms with Gasteiger partial charge in [-0.2, -0.15) is 0 Å². The van der Waals surface area contributed by atoms with Gasteiger partial charge < -0.3 is 15.6 Å². The summed E-state index contributed by atoms with van der Waals surface area (Å²) in [4.78, 5) is 10.6. The van der Waals surface area contributed by atoms with E-state index >= 15 is 0 Å². The van der Waals surface area contributed by atoms with Crippen molar-refractivity contribution < 1.29 is 19.0 Å². The Kier molecular flexibility index (Phi) is 4.45. The Hall–Kier alpha value is -1.62. The fourth-order valence-electron chi connectivity index (χ4n) is 1.36. The predicted molar refractivity (Wildman–Crippen MR) is 61.5 cm³/mol. The van der Waals surface area contributed by atoms with E-state index in [1.165, 1.54) is 12.1 Å². The van der Waals surface area contributed by atoms with Crippen molar-refractivity contribution in [3.8, 4) is 5.75 Å². The first-order valence-corrected chi connectivity index (χ1v) is 5.33. The molecule has 94 valence electrons. The van der Waals surface area contributed by atoms with Crippen LogP contribution in [0.4, 0.5) is 4.39 Å². The van der Waals surface area contributed by atoms with E-state index in [-0.39, 0.29) is 18.3 Å². The lowest BCUT2D eigenvalue weighted by atomic mass is 10.1. The molecule has 1 aromatic rings. The summed E-state index contributed by atoms with van der Waals surface area (Å²) in [6, 6.07) is 3.33. The average Bonchev–Trinajstić information content (AvgIpc) is 2.21. The lowest BCUT2D eigenvalue weighted by Gasteiger charge is -2.12. The number of rotatable bonds is 5. The Labute approximate surface area is 99.2 Å². The summed E-state index contributed by atoms with van der Waals surface area (Å²) in [7, 11) is 0. The highest BCUT2D eigenvalue weighted by Crippen LogP contribution is 2.20. The van der Waals surface area contributed by atoms with Gasteiger partial charge in [0.05, 0.1) is 6.10 Å². The Morgan fingerprint density at radius 1 is 1.53 bits per heavy atom. The maximum atomic E-state index is 13.5. The summed E-state index contributed by atoms with van der Waals surface area (Å²) in [5.74, 6) is -1.45. The van der Waals surface area contributed by atoms with Gasteiger partial charge in [0.2, 0.25) is 0 Å². The maximum absolute atomic E-state index is 13.5. The van der Waals surface area contributed by atoms with Gasteiger partial charge in [-0.15, -0.1) is 0 Å².